The number of carbonyl (C=O) groups excluding carboxylic acids is 1. The van der Waals surface area contributed by atoms with Gasteiger partial charge in [-0.05, 0) is 37.0 Å². The Balaban J connectivity index is 2.22. The van der Waals surface area contributed by atoms with Crippen LogP contribution in [0.25, 0.3) is 0 Å². The van der Waals surface area contributed by atoms with Gasteiger partial charge < -0.3 is 10.4 Å². The average molecular weight is 269 g/mol. The molecule has 1 rings (SSSR count). The van der Waals surface area contributed by atoms with E-state index in [9.17, 15) is 9.59 Å². The van der Waals surface area contributed by atoms with Crippen LogP contribution in [0, 0.1) is 17.3 Å². The van der Waals surface area contributed by atoms with Gasteiger partial charge in [-0.2, -0.15) is 0 Å². The first kappa shape index (κ1) is 16.0. The maximum absolute atomic E-state index is 12.1. The zero-order valence-electron chi connectivity index (χ0n) is 12.4. The quantitative estimate of drug-likeness (QED) is 0.747. The number of carboxylic acid groups (broad SMARTS) is 1. The Bertz CT molecular complexity index is 325. The van der Waals surface area contributed by atoms with Crippen LogP contribution in [0.4, 0.5) is 0 Å². The number of hydrogen-bond donors (Lipinski definition) is 2. The standard InChI is InChI=1S/C15H27NO3/c1-11(6-7-13(17)18)8-10-16-14(19)12-5-4-9-15(12,2)3/h11-12H,4-10H2,1-3H3,(H,16,19)(H,17,18). The summed E-state index contributed by atoms with van der Waals surface area (Å²) in [6.07, 6.45) is 5.00. The van der Waals surface area contributed by atoms with E-state index in [0.717, 1.165) is 25.7 Å². The molecule has 0 aromatic carbocycles. The second-order valence-electron chi connectivity index (χ2n) is 6.55. The molecule has 4 heteroatoms. The predicted octanol–water partition coefficient (Wildman–Crippen LogP) is 2.82. The lowest BCUT2D eigenvalue weighted by atomic mass is 9.81. The highest BCUT2D eigenvalue weighted by molar-refractivity contribution is 5.79. The number of carboxylic acids is 1. The van der Waals surface area contributed by atoms with E-state index >= 15 is 0 Å². The van der Waals surface area contributed by atoms with Crippen LogP contribution in [0.5, 0.6) is 0 Å². The molecule has 0 radical (unpaired) electrons. The first-order valence-electron chi connectivity index (χ1n) is 7.32. The Morgan fingerprint density at radius 2 is 2.05 bits per heavy atom. The van der Waals surface area contributed by atoms with Crippen LogP contribution in [0.3, 0.4) is 0 Å². The lowest BCUT2D eigenvalue weighted by molar-refractivity contribution is -0.137. The van der Waals surface area contributed by atoms with Gasteiger partial charge in [0.25, 0.3) is 0 Å². The summed E-state index contributed by atoms with van der Waals surface area (Å²) in [5, 5.41) is 11.6. The van der Waals surface area contributed by atoms with E-state index in [4.69, 9.17) is 5.11 Å². The van der Waals surface area contributed by atoms with E-state index in [2.05, 4.69) is 19.2 Å². The fourth-order valence-electron chi connectivity index (χ4n) is 2.89. The third-order valence-corrected chi connectivity index (χ3v) is 4.36. The van der Waals surface area contributed by atoms with Crippen molar-refractivity contribution in [1.29, 1.82) is 0 Å². The lowest BCUT2D eigenvalue weighted by Crippen LogP contribution is -2.37. The zero-order chi connectivity index (χ0) is 14.5. The van der Waals surface area contributed by atoms with Crippen molar-refractivity contribution in [2.75, 3.05) is 6.54 Å². The third-order valence-electron chi connectivity index (χ3n) is 4.36. The molecule has 1 aliphatic rings. The summed E-state index contributed by atoms with van der Waals surface area (Å²) in [5.41, 5.74) is 0.124. The maximum atomic E-state index is 12.1. The average Bonchev–Trinajstić information content (AvgIpc) is 2.66. The van der Waals surface area contributed by atoms with Gasteiger partial charge in [-0.15, -0.1) is 0 Å². The SMILES string of the molecule is CC(CCNC(=O)C1CCCC1(C)C)CCC(=O)O. The van der Waals surface area contributed by atoms with Crippen LogP contribution >= 0.6 is 0 Å². The molecule has 0 spiro atoms. The highest BCUT2D eigenvalue weighted by atomic mass is 16.4. The lowest BCUT2D eigenvalue weighted by Gasteiger charge is -2.26. The normalized spacial score (nSPS) is 23.0. The van der Waals surface area contributed by atoms with Gasteiger partial charge in [0.2, 0.25) is 5.91 Å². The van der Waals surface area contributed by atoms with Crippen LogP contribution in [-0.2, 0) is 9.59 Å². The fourth-order valence-corrected chi connectivity index (χ4v) is 2.89. The van der Waals surface area contributed by atoms with Crippen LogP contribution in [0.15, 0.2) is 0 Å². The minimum atomic E-state index is -0.747. The molecule has 2 unspecified atom stereocenters. The summed E-state index contributed by atoms with van der Waals surface area (Å²) in [7, 11) is 0. The molecule has 0 saturated heterocycles. The smallest absolute Gasteiger partial charge is 0.303 e. The molecule has 0 aromatic heterocycles. The highest BCUT2D eigenvalue weighted by Crippen LogP contribution is 2.42. The Morgan fingerprint density at radius 3 is 2.58 bits per heavy atom. The van der Waals surface area contributed by atoms with Gasteiger partial charge in [0, 0.05) is 18.9 Å². The minimum Gasteiger partial charge on any atom is -0.481 e. The topological polar surface area (TPSA) is 66.4 Å². The molecule has 4 nitrogen and oxygen atoms in total. The molecule has 0 aromatic rings. The number of hydrogen-bond acceptors (Lipinski definition) is 2. The summed E-state index contributed by atoms with van der Waals surface area (Å²) in [6, 6.07) is 0. The Morgan fingerprint density at radius 1 is 1.37 bits per heavy atom. The molecule has 1 saturated carbocycles. The number of rotatable bonds is 7. The van der Waals surface area contributed by atoms with Crippen molar-refractivity contribution in [3.63, 3.8) is 0 Å². The van der Waals surface area contributed by atoms with E-state index < -0.39 is 5.97 Å². The van der Waals surface area contributed by atoms with Gasteiger partial charge >= 0.3 is 5.97 Å². The molecule has 2 N–H and O–H groups in total. The summed E-state index contributed by atoms with van der Waals surface area (Å²) < 4.78 is 0. The van der Waals surface area contributed by atoms with Crippen molar-refractivity contribution in [3.8, 4) is 0 Å². The molecule has 1 fully saturated rings. The van der Waals surface area contributed by atoms with Crippen molar-refractivity contribution in [2.45, 2.75) is 59.3 Å². The minimum absolute atomic E-state index is 0.124. The van der Waals surface area contributed by atoms with Crippen molar-refractivity contribution < 1.29 is 14.7 Å². The maximum Gasteiger partial charge on any atom is 0.303 e. The molecular formula is C15H27NO3. The van der Waals surface area contributed by atoms with Gasteiger partial charge in [-0.25, -0.2) is 0 Å². The predicted molar refractivity (Wildman–Crippen MR) is 74.8 cm³/mol. The largest absolute Gasteiger partial charge is 0.481 e. The number of amides is 1. The molecular weight excluding hydrogens is 242 g/mol. The van der Waals surface area contributed by atoms with Crippen molar-refractivity contribution in [3.05, 3.63) is 0 Å². The second kappa shape index (κ2) is 6.92. The molecule has 0 aliphatic heterocycles. The van der Waals surface area contributed by atoms with E-state index in [-0.39, 0.29) is 23.7 Å². The number of aliphatic carboxylic acids is 1. The van der Waals surface area contributed by atoms with Gasteiger partial charge in [0.1, 0.15) is 0 Å². The first-order chi connectivity index (χ1) is 8.83. The van der Waals surface area contributed by atoms with Gasteiger partial charge in [0.15, 0.2) is 0 Å². The number of nitrogens with one attached hydrogen (secondary N) is 1. The van der Waals surface area contributed by atoms with Crippen LogP contribution in [-0.4, -0.2) is 23.5 Å². The van der Waals surface area contributed by atoms with Gasteiger partial charge in [0.05, 0.1) is 0 Å². The van der Waals surface area contributed by atoms with Crippen LogP contribution in [0.2, 0.25) is 0 Å². The molecule has 19 heavy (non-hydrogen) atoms. The van der Waals surface area contributed by atoms with Crippen LogP contribution < -0.4 is 5.32 Å². The van der Waals surface area contributed by atoms with Crippen LogP contribution in [0.1, 0.15) is 59.3 Å². The van der Waals surface area contributed by atoms with Crippen molar-refractivity contribution >= 4 is 11.9 Å². The van der Waals surface area contributed by atoms with E-state index in [1.165, 1.54) is 0 Å². The summed E-state index contributed by atoms with van der Waals surface area (Å²) >= 11 is 0. The zero-order valence-corrected chi connectivity index (χ0v) is 12.4. The Kier molecular flexibility index (Phi) is 5.83. The Hall–Kier alpha value is -1.06. The molecule has 0 bridgehead atoms. The van der Waals surface area contributed by atoms with Crippen molar-refractivity contribution in [1.82, 2.24) is 5.32 Å². The van der Waals surface area contributed by atoms with E-state index in [0.29, 0.717) is 18.9 Å². The first-order valence-corrected chi connectivity index (χ1v) is 7.32. The monoisotopic (exact) mass is 269 g/mol. The second-order valence-corrected chi connectivity index (χ2v) is 6.55. The van der Waals surface area contributed by atoms with Gasteiger partial charge in [-0.3, -0.25) is 9.59 Å². The summed E-state index contributed by atoms with van der Waals surface area (Å²) in [4.78, 5) is 22.6. The third kappa shape index (κ3) is 5.21. The highest BCUT2D eigenvalue weighted by Gasteiger charge is 2.38. The van der Waals surface area contributed by atoms with E-state index in [1.54, 1.807) is 0 Å². The van der Waals surface area contributed by atoms with E-state index in [1.807, 2.05) is 6.92 Å². The summed E-state index contributed by atoms with van der Waals surface area (Å²) in [6.45, 7) is 7.03. The Labute approximate surface area is 116 Å². The molecule has 2 atom stereocenters. The number of carbonyl (C=O) groups is 2. The molecule has 0 heterocycles. The van der Waals surface area contributed by atoms with Gasteiger partial charge in [-0.1, -0.05) is 27.2 Å². The fraction of sp³-hybridized carbons (Fsp3) is 0.867. The van der Waals surface area contributed by atoms with Crippen molar-refractivity contribution in [2.24, 2.45) is 17.3 Å². The molecule has 110 valence electrons. The molecule has 1 amide bonds. The summed E-state index contributed by atoms with van der Waals surface area (Å²) in [5.74, 6) is -0.0914. The molecule has 1 aliphatic carbocycles.